The van der Waals surface area contributed by atoms with Gasteiger partial charge in [0.2, 0.25) is 0 Å². The van der Waals surface area contributed by atoms with E-state index in [4.69, 9.17) is 5.11 Å². The van der Waals surface area contributed by atoms with Gasteiger partial charge in [-0.3, -0.25) is 0 Å². The summed E-state index contributed by atoms with van der Waals surface area (Å²) in [5, 5.41) is 8.02. The lowest BCUT2D eigenvalue weighted by Crippen LogP contribution is -2.61. The molecule has 0 spiro atoms. The van der Waals surface area contributed by atoms with Gasteiger partial charge in [0.25, 0.3) is 5.67 Å². The van der Waals surface area contributed by atoms with Crippen molar-refractivity contribution in [2.24, 2.45) is 0 Å². The molecule has 10 heteroatoms. The highest BCUT2D eigenvalue weighted by Crippen LogP contribution is 2.53. The molecule has 102 valence electrons. The maximum atomic E-state index is 13.0. The Morgan fingerprint density at radius 3 is 1.41 bits per heavy atom. The Kier molecular flexibility index (Phi) is 4.15. The van der Waals surface area contributed by atoms with Crippen LogP contribution in [0.2, 0.25) is 0 Å². The van der Waals surface area contributed by atoms with Crippen molar-refractivity contribution < 1.29 is 44.6 Å². The minimum atomic E-state index is -6.73. The second kappa shape index (κ2) is 4.39. The summed E-state index contributed by atoms with van der Waals surface area (Å²) in [6.45, 7) is -1.32. The Morgan fingerprint density at radius 2 is 1.18 bits per heavy atom. The van der Waals surface area contributed by atoms with Crippen molar-refractivity contribution in [3.63, 3.8) is 0 Å². The van der Waals surface area contributed by atoms with Crippen LogP contribution in [0, 0.1) is 0 Å². The lowest BCUT2D eigenvalue weighted by molar-refractivity contribution is -0.369. The van der Waals surface area contributed by atoms with Crippen molar-refractivity contribution in [1.82, 2.24) is 0 Å². The second-order valence-corrected chi connectivity index (χ2v) is 2.87. The van der Waals surface area contributed by atoms with Crippen molar-refractivity contribution in [1.29, 1.82) is 0 Å². The summed E-state index contributed by atoms with van der Waals surface area (Å²) in [5.41, 5.74) is -5.93. The average Bonchev–Trinajstić information content (AvgIpc) is 2.10. The first-order valence-electron chi connectivity index (χ1n) is 3.80. The zero-order valence-electron chi connectivity index (χ0n) is 7.71. The first-order valence-corrected chi connectivity index (χ1v) is 3.80. The lowest BCUT2D eigenvalue weighted by atomic mass is 9.95. The van der Waals surface area contributed by atoms with Crippen LogP contribution in [-0.2, 0) is 0 Å². The van der Waals surface area contributed by atoms with Gasteiger partial charge in [-0.15, -0.1) is 0 Å². The summed E-state index contributed by atoms with van der Waals surface area (Å²) >= 11 is 0. The molecule has 0 saturated carbocycles. The van der Waals surface area contributed by atoms with E-state index in [0.29, 0.717) is 0 Å². The van der Waals surface area contributed by atoms with E-state index in [2.05, 4.69) is 0 Å². The highest BCUT2D eigenvalue weighted by atomic mass is 19.4. The smallest absolute Gasteiger partial charge is 0.392 e. The van der Waals surface area contributed by atoms with Crippen molar-refractivity contribution in [2.45, 2.75) is 23.9 Å². The number of hydrogen-bond acceptors (Lipinski definition) is 1. The van der Waals surface area contributed by atoms with Gasteiger partial charge in [-0.2, -0.15) is 35.1 Å². The van der Waals surface area contributed by atoms with Crippen LogP contribution in [0.25, 0.3) is 0 Å². The van der Waals surface area contributed by atoms with Gasteiger partial charge < -0.3 is 5.11 Å². The molecule has 0 fully saturated rings. The van der Waals surface area contributed by atoms with Gasteiger partial charge in [0.15, 0.2) is 0 Å². The number of halogens is 9. The van der Waals surface area contributed by atoms with Crippen LogP contribution in [-0.4, -0.2) is 35.7 Å². The molecule has 0 rings (SSSR count). The van der Waals surface area contributed by atoms with Crippen molar-refractivity contribution in [2.75, 3.05) is 6.61 Å². The Balaban J connectivity index is 5.73. The van der Waals surface area contributed by atoms with E-state index in [1.54, 1.807) is 0 Å². The quantitative estimate of drug-likeness (QED) is 0.620. The zero-order chi connectivity index (χ0) is 14.1. The molecule has 0 saturated heterocycles. The van der Waals surface area contributed by atoms with E-state index in [9.17, 15) is 39.5 Å². The van der Waals surface area contributed by atoms with Crippen LogP contribution in [0.15, 0.2) is 12.2 Å². The van der Waals surface area contributed by atoms with Gasteiger partial charge in [0, 0.05) is 0 Å². The van der Waals surface area contributed by atoms with Crippen LogP contribution in [0.4, 0.5) is 39.5 Å². The SMILES string of the molecule is OC/C=C/[C@](F)(C(F)(F)F)C(F)(F)C(F)(F)F. The molecule has 0 aliphatic carbocycles. The molecule has 0 amide bonds. The molecule has 0 heterocycles. The summed E-state index contributed by atoms with van der Waals surface area (Å²) in [6, 6.07) is 0. The van der Waals surface area contributed by atoms with Gasteiger partial charge in [-0.05, 0) is 6.08 Å². The molecule has 0 radical (unpaired) electrons. The van der Waals surface area contributed by atoms with E-state index >= 15 is 0 Å². The van der Waals surface area contributed by atoms with Crippen molar-refractivity contribution >= 4 is 0 Å². The van der Waals surface area contributed by atoms with Gasteiger partial charge in [-0.25, -0.2) is 4.39 Å². The van der Waals surface area contributed by atoms with Crippen LogP contribution in [0.1, 0.15) is 0 Å². The number of aliphatic hydroxyl groups is 1. The summed E-state index contributed by atoms with van der Waals surface area (Å²) in [4.78, 5) is 0. The third kappa shape index (κ3) is 2.67. The number of hydrogen-bond donors (Lipinski definition) is 1. The Hall–Kier alpha value is -0.930. The summed E-state index contributed by atoms with van der Waals surface area (Å²) in [5.74, 6) is -6.66. The van der Waals surface area contributed by atoms with Crippen molar-refractivity contribution in [3.8, 4) is 0 Å². The first-order chi connectivity index (χ1) is 7.31. The van der Waals surface area contributed by atoms with Crippen LogP contribution in [0.5, 0.6) is 0 Å². The van der Waals surface area contributed by atoms with Crippen molar-refractivity contribution in [3.05, 3.63) is 12.2 Å². The molecular formula is C7H5F9O. The summed E-state index contributed by atoms with van der Waals surface area (Å²) in [6.07, 6.45) is -14.5. The summed E-state index contributed by atoms with van der Waals surface area (Å²) < 4.78 is 109. The second-order valence-electron chi connectivity index (χ2n) is 2.87. The Labute approximate surface area is 88.5 Å². The van der Waals surface area contributed by atoms with Crippen LogP contribution in [0.3, 0.4) is 0 Å². The van der Waals surface area contributed by atoms with E-state index in [1.807, 2.05) is 0 Å². The fourth-order valence-electron chi connectivity index (χ4n) is 0.799. The molecule has 17 heavy (non-hydrogen) atoms. The molecule has 0 aliphatic heterocycles. The average molecular weight is 276 g/mol. The van der Waals surface area contributed by atoms with E-state index < -0.39 is 36.6 Å². The molecule has 0 unspecified atom stereocenters. The highest BCUT2D eigenvalue weighted by Gasteiger charge is 2.80. The molecule has 1 atom stereocenters. The van der Waals surface area contributed by atoms with E-state index in [-0.39, 0.29) is 6.08 Å². The normalized spacial score (nSPS) is 18.5. The first kappa shape index (κ1) is 16.1. The van der Waals surface area contributed by atoms with Gasteiger partial charge in [0.1, 0.15) is 0 Å². The maximum Gasteiger partial charge on any atom is 0.457 e. The summed E-state index contributed by atoms with van der Waals surface area (Å²) in [7, 11) is 0. The Morgan fingerprint density at radius 1 is 0.765 bits per heavy atom. The van der Waals surface area contributed by atoms with Crippen LogP contribution >= 0.6 is 0 Å². The number of allylic oxidation sites excluding steroid dienone is 1. The van der Waals surface area contributed by atoms with Gasteiger partial charge in [-0.1, -0.05) is 6.08 Å². The number of rotatable bonds is 3. The fourth-order valence-corrected chi connectivity index (χ4v) is 0.799. The predicted octanol–water partition coefficient (Wildman–Crippen LogP) is 3.00. The third-order valence-corrected chi connectivity index (χ3v) is 1.68. The standard InChI is InChI=1S/C7H5F9O/c8-4(2-1-3-17,6(11,12)13)5(9,10)7(14,15)16/h1-2,17H,3H2/b2-1+/t4-/m1/s1. The molecular weight excluding hydrogens is 271 g/mol. The molecule has 0 aliphatic rings. The fraction of sp³-hybridized carbons (Fsp3) is 0.714. The molecule has 0 aromatic heterocycles. The number of alkyl halides is 9. The number of aliphatic hydroxyl groups excluding tert-OH is 1. The molecule has 0 aromatic rings. The van der Waals surface area contributed by atoms with Gasteiger partial charge >= 0.3 is 18.3 Å². The maximum absolute atomic E-state index is 13.0. The monoisotopic (exact) mass is 276 g/mol. The topological polar surface area (TPSA) is 20.2 Å². The molecule has 1 N–H and O–H groups in total. The molecule has 1 nitrogen and oxygen atoms in total. The van der Waals surface area contributed by atoms with E-state index in [0.717, 1.165) is 0 Å². The van der Waals surface area contributed by atoms with Crippen LogP contribution < -0.4 is 0 Å². The molecule has 0 bridgehead atoms. The lowest BCUT2D eigenvalue weighted by Gasteiger charge is -2.33. The van der Waals surface area contributed by atoms with E-state index in [1.165, 1.54) is 0 Å². The Bertz CT molecular complexity index is 289. The molecule has 0 aromatic carbocycles. The zero-order valence-corrected chi connectivity index (χ0v) is 7.71. The highest BCUT2D eigenvalue weighted by molar-refractivity contribution is 5.16. The predicted molar refractivity (Wildman–Crippen MR) is 37.1 cm³/mol. The largest absolute Gasteiger partial charge is 0.457 e. The minimum absolute atomic E-state index is 0.187. The minimum Gasteiger partial charge on any atom is -0.392 e. The van der Waals surface area contributed by atoms with Gasteiger partial charge in [0.05, 0.1) is 6.61 Å². The third-order valence-electron chi connectivity index (χ3n) is 1.68.